The molecule has 4 nitrogen and oxygen atoms in total. The quantitative estimate of drug-likeness (QED) is 0.762. The fraction of sp³-hybridized carbons (Fsp3) is 0.333. The van der Waals surface area contributed by atoms with Crippen LogP contribution in [0.2, 0.25) is 0 Å². The molecule has 0 saturated heterocycles. The first-order valence-electron chi connectivity index (χ1n) is 3.91. The lowest BCUT2D eigenvalue weighted by Crippen LogP contribution is -2.22. The van der Waals surface area contributed by atoms with E-state index in [1.165, 1.54) is 13.1 Å². The maximum absolute atomic E-state index is 10.4. The maximum Gasteiger partial charge on any atom is 0.344 e. The second-order valence-electron chi connectivity index (χ2n) is 2.73. The highest BCUT2D eigenvalue weighted by Gasteiger charge is 2.11. The first kappa shape index (κ1) is 9.51. The fourth-order valence-electron chi connectivity index (χ4n) is 0.778. The summed E-state index contributed by atoms with van der Waals surface area (Å²) in [4.78, 5) is 14.4. The van der Waals surface area contributed by atoms with Gasteiger partial charge in [-0.25, -0.2) is 4.79 Å². The van der Waals surface area contributed by atoms with Crippen molar-refractivity contribution in [3.8, 4) is 5.75 Å². The van der Waals surface area contributed by atoms with Crippen molar-refractivity contribution in [2.45, 2.75) is 20.0 Å². The number of aliphatic carboxylic acids is 1. The molecule has 1 aromatic rings. The van der Waals surface area contributed by atoms with Gasteiger partial charge in [-0.2, -0.15) is 0 Å². The van der Waals surface area contributed by atoms with E-state index in [2.05, 4.69) is 4.98 Å². The second kappa shape index (κ2) is 3.89. The zero-order chi connectivity index (χ0) is 9.84. The molecule has 4 heteroatoms. The molecule has 1 heterocycles. The first-order chi connectivity index (χ1) is 6.09. The van der Waals surface area contributed by atoms with Gasteiger partial charge in [-0.1, -0.05) is 0 Å². The molecule has 1 aromatic heterocycles. The second-order valence-corrected chi connectivity index (χ2v) is 2.73. The summed E-state index contributed by atoms with van der Waals surface area (Å²) >= 11 is 0. The van der Waals surface area contributed by atoms with E-state index in [1.807, 2.05) is 6.92 Å². The Morgan fingerprint density at radius 3 is 2.77 bits per heavy atom. The summed E-state index contributed by atoms with van der Waals surface area (Å²) in [6.45, 7) is 3.33. The average Bonchev–Trinajstić information content (AvgIpc) is 2.08. The van der Waals surface area contributed by atoms with Crippen LogP contribution in [0, 0.1) is 6.92 Å². The van der Waals surface area contributed by atoms with Crippen LogP contribution in [0.1, 0.15) is 12.6 Å². The van der Waals surface area contributed by atoms with Gasteiger partial charge in [-0.05, 0) is 26.0 Å². The van der Waals surface area contributed by atoms with Gasteiger partial charge in [0.15, 0.2) is 6.10 Å². The maximum atomic E-state index is 10.4. The predicted molar refractivity (Wildman–Crippen MR) is 46.7 cm³/mol. The number of nitrogens with zero attached hydrogens (tertiary/aromatic N) is 1. The molecule has 0 aliphatic heterocycles. The highest BCUT2D eigenvalue weighted by molar-refractivity contribution is 5.72. The normalized spacial score (nSPS) is 12.2. The highest BCUT2D eigenvalue weighted by atomic mass is 16.5. The first-order valence-corrected chi connectivity index (χ1v) is 3.91. The molecule has 1 rings (SSSR count). The number of carbonyl (C=O) groups is 1. The molecule has 0 spiro atoms. The van der Waals surface area contributed by atoms with Crippen LogP contribution in [0.3, 0.4) is 0 Å². The third-order valence-corrected chi connectivity index (χ3v) is 1.54. The number of aromatic nitrogens is 1. The van der Waals surface area contributed by atoms with E-state index in [0.29, 0.717) is 5.75 Å². The Kier molecular flexibility index (Phi) is 2.84. The van der Waals surface area contributed by atoms with E-state index in [4.69, 9.17) is 9.84 Å². The summed E-state index contributed by atoms with van der Waals surface area (Å²) in [6.07, 6.45) is 0.666. The van der Waals surface area contributed by atoms with Gasteiger partial charge in [-0.15, -0.1) is 0 Å². The molecule has 1 N–H and O–H groups in total. The third kappa shape index (κ3) is 2.74. The third-order valence-electron chi connectivity index (χ3n) is 1.54. The van der Waals surface area contributed by atoms with Crippen LogP contribution in [-0.2, 0) is 4.79 Å². The Morgan fingerprint density at radius 2 is 2.31 bits per heavy atom. The van der Waals surface area contributed by atoms with Crippen LogP contribution in [0.4, 0.5) is 0 Å². The van der Waals surface area contributed by atoms with E-state index in [0.717, 1.165) is 5.69 Å². The van der Waals surface area contributed by atoms with Crippen LogP contribution < -0.4 is 4.74 Å². The summed E-state index contributed by atoms with van der Waals surface area (Å²) in [5.74, 6) is -0.513. The summed E-state index contributed by atoms with van der Waals surface area (Å²) in [5, 5.41) is 8.55. The van der Waals surface area contributed by atoms with Gasteiger partial charge in [0.2, 0.25) is 0 Å². The van der Waals surface area contributed by atoms with Gasteiger partial charge in [0.1, 0.15) is 5.75 Å². The number of hydrogen-bond acceptors (Lipinski definition) is 3. The van der Waals surface area contributed by atoms with Crippen molar-refractivity contribution in [1.29, 1.82) is 0 Å². The van der Waals surface area contributed by atoms with Gasteiger partial charge in [0.05, 0.1) is 6.20 Å². The van der Waals surface area contributed by atoms with Gasteiger partial charge in [0.25, 0.3) is 0 Å². The van der Waals surface area contributed by atoms with Crippen LogP contribution >= 0.6 is 0 Å². The lowest BCUT2D eigenvalue weighted by atomic mass is 10.3. The smallest absolute Gasteiger partial charge is 0.344 e. The predicted octanol–water partition coefficient (Wildman–Crippen LogP) is 1.24. The zero-order valence-electron chi connectivity index (χ0n) is 7.52. The molecule has 0 saturated carbocycles. The van der Waals surface area contributed by atoms with Crippen LogP contribution in [-0.4, -0.2) is 22.2 Å². The zero-order valence-corrected chi connectivity index (χ0v) is 7.52. The highest BCUT2D eigenvalue weighted by Crippen LogP contribution is 2.10. The Labute approximate surface area is 76.2 Å². The van der Waals surface area contributed by atoms with Crippen molar-refractivity contribution in [3.05, 3.63) is 24.0 Å². The average molecular weight is 181 g/mol. The van der Waals surface area contributed by atoms with Crippen LogP contribution in [0.5, 0.6) is 5.75 Å². The number of hydrogen-bond donors (Lipinski definition) is 1. The van der Waals surface area contributed by atoms with Crippen LogP contribution in [0.15, 0.2) is 18.3 Å². The molecular weight excluding hydrogens is 170 g/mol. The molecule has 70 valence electrons. The molecule has 0 aliphatic rings. The summed E-state index contributed by atoms with van der Waals surface area (Å²) in [5.41, 5.74) is 0.871. The van der Waals surface area contributed by atoms with Crippen molar-refractivity contribution in [2.24, 2.45) is 0 Å². The minimum absolute atomic E-state index is 0.473. The molecule has 0 unspecified atom stereocenters. The standard InChI is InChI=1S/C9H11NO3/c1-6-3-4-8(5-10-6)13-7(2)9(11)12/h3-5,7H,1-2H3,(H,11,12)/t7-/m1/s1. The summed E-state index contributed by atoms with van der Waals surface area (Å²) < 4.78 is 5.07. The molecule has 0 bridgehead atoms. The van der Waals surface area contributed by atoms with Gasteiger partial charge in [0, 0.05) is 5.69 Å². The molecule has 13 heavy (non-hydrogen) atoms. The van der Waals surface area contributed by atoms with Gasteiger partial charge < -0.3 is 9.84 Å². The molecular formula is C9H11NO3. The Bertz CT molecular complexity index is 294. The van der Waals surface area contributed by atoms with Crippen molar-refractivity contribution >= 4 is 5.97 Å². The fourth-order valence-corrected chi connectivity index (χ4v) is 0.778. The lowest BCUT2D eigenvalue weighted by molar-refractivity contribution is -0.144. The van der Waals surface area contributed by atoms with E-state index in [-0.39, 0.29) is 0 Å². The van der Waals surface area contributed by atoms with Crippen molar-refractivity contribution in [2.75, 3.05) is 0 Å². The summed E-state index contributed by atoms with van der Waals surface area (Å²) in [6, 6.07) is 3.46. The molecule has 0 aliphatic carbocycles. The number of carboxylic acid groups (broad SMARTS) is 1. The topological polar surface area (TPSA) is 59.4 Å². The SMILES string of the molecule is Cc1ccc(O[C@H](C)C(=O)O)cn1. The monoisotopic (exact) mass is 181 g/mol. The van der Waals surface area contributed by atoms with Gasteiger partial charge >= 0.3 is 5.97 Å². The molecule has 0 amide bonds. The van der Waals surface area contributed by atoms with E-state index in [9.17, 15) is 4.79 Å². The minimum atomic E-state index is -0.986. The van der Waals surface area contributed by atoms with Gasteiger partial charge in [-0.3, -0.25) is 4.98 Å². The van der Waals surface area contributed by atoms with E-state index in [1.54, 1.807) is 12.1 Å². The Balaban J connectivity index is 2.64. The molecule has 0 radical (unpaired) electrons. The number of ether oxygens (including phenoxy) is 1. The number of rotatable bonds is 3. The van der Waals surface area contributed by atoms with E-state index < -0.39 is 12.1 Å². The van der Waals surface area contributed by atoms with Crippen molar-refractivity contribution < 1.29 is 14.6 Å². The largest absolute Gasteiger partial charge is 0.479 e. The Morgan fingerprint density at radius 1 is 1.62 bits per heavy atom. The van der Waals surface area contributed by atoms with Crippen molar-refractivity contribution in [1.82, 2.24) is 4.98 Å². The molecule has 0 fully saturated rings. The number of aryl methyl sites for hydroxylation is 1. The number of pyridine rings is 1. The lowest BCUT2D eigenvalue weighted by Gasteiger charge is -2.09. The molecule has 0 aromatic carbocycles. The van der Waals surface area contributed by atoms with Crippen LogP contribution in [0.25, 0.3) is 0 Å². The summed E-state index contributed by atoms with van der Waals surface area (Å²) in [7, 11) is 0. The minimum Gasteiger partial charge on any atom is -0.479 e. The Hall–Kier alpha value is -1.58. The molecule has 1 atom stereocenters. The number of carboxylic acids is 1. The van der Waals surface area contributed by atoms with E-state index >= 15 is 0 Å². The van der Waals surface area contributed by atoms with Crippen molar-refractivity contribution in [3.63, 3.8) is 0 Å².